The molecule has 0 aliphatic carbocycles. The first-order chi connectivity index (χ1) is 38.1. The van der Waals surface area contributed by atoms with E-state index in [4.69, 9.17) is 0 Å². The van der Waals surface area contributed by atoms with Crippen molar-refractivity contribution in [1.82, 2.24) is 40.1 Å². The summed E-state index contributed by atoms with van der Waals surface area (Å²) in [5.41, 5.74) is 7.30. The van der Waals surface area contributed by atoms with Crippen LogP contribution in [0, 0.1) is 48.9 Å². The minimum Gasteiger partial charge on any atom is -0.512 e. The number of benzene rings is 8. The average molecular weight is 1800 g/mol. The molecular weight excluding hydrogens is 1740 g/mol. The van der Waals surface area contributed by atoms with Crippen LogP contribution in [0.4, 0.5) is 0 Å². The van der Waals surface area contributed by atoms with Crippen LogP contribution in [0.5, 0.6) is 0 Å². The van der Waals surface area contributed by atoms with Gasteiger partial charge in [0.15, 0.2) is 5.78 Å². The van der Waals surface area contributed by atoms with Gasteiger partial charge in [-0.2, -0.15) is 5.10 Å². The van der Waals surface area contributed by atoms with Crippen LogP contribution >= 0.6 is 0 Å². The Morgan fingerprint density at radius 1 is 0.494 bits per heavy atom. The van der Waals surface area contributed by atoms with Gasteiger partial charge in [0.2, 0.25) is 0 Å². The molecule has 0 amide bonds. The van der Waals surface area contributed by atoms with E-state index < -0.39 is 5.41 Å². The van der Waals surface area contributed by atoms with Gasteiger partial charge in [-0.05, 0) is 29.8 Å². The number of nitrogens with zero attached hydrogens (tertiary/aromatic N) is 8. The predicted octanol–water partition coefficient (Wildman–Crippen LogP) is 16.1. The molecular formula is C69H60Ir4N8O2-4. The SMILES string of the molecule is CC(C)(C)C(=O)C=C(O)C(C)(C)C.Cc1c[c-]c(-c2nncc3ccc(C)cc23)cc1.[Ir].[Ir].[Ir].[Ir].[c-]1c(-c2cnccn2)ccc2ccccc12.[c-]1ccc2ccccc2c1-c1ncccn1.[c-]1ccc2ccccc2c1-c1ncccn1. The molecule has 14 heteroatoms. The molecule has 4 aromatic heterocycles. The summed E-state index contributed by atoms with van der Waals surface area (Å²) >= 11 is 0. The number of fused-ring (bicyclic) bond motifs is 4. The maximum Gasteiger partial charge on any atom is 0.164 e. The number of rotatable bonds is 5. The molecule has 0 unspecified atom stereocenters. The van der Waals surface area contributed by atoms with Gasteiger partial charge in [0.05, 0.1) is 17.8 Å². The van der Waals surface area contributed by atoms with E-state index in [1.165, 1.54) is 33.4 Å². The number of allylic oxidation sites excluding steroid dienone is 2. The minimum atomic E-state index is -0.417. The zero-order chi connectivity index (χ0) is 55.8. The van der Waals surface area contributed by atoms with E-state index in [-0.39, 0.29) is 97.4 Å². The third kappa shape index (κ3) is 19.2. The molecule has 0 atom stereocenters. The van der Waals surface area contributed by atoms with Crippen LogP contribution in [0.1, 0.15) is 52.7 Å². The molecule has 0 saturated carbocycles. The fourth-order valence-electron chi connectivity index (χ4n) is 7.85. The summed E-state index contributed by atoms with van der Waals surface area (Å²) in [7, 11) is 0. The molecule has 8 aromatic carbocycles. The first-order valence-electron chi connectivity index (χ1n) is 25.8. The zero-order valence-corrected chi connectivity index (χ0v) is 56.6. The largest absolute Gasteiger partial charge is 0.512 e. The van der Waals surface area contributed by atoms with Gasteiger partial charge in [-0.3, -0.25) is 34.7 Å². The summed E-state index contributed by atoms with van der Waals surface area (Å²) < 4.78 is 0. The summed E-state index contributed by atoms with van der Waals surface area (Å²) in [5, 5.41) is 27.1. The van der Waals surface area contributed by atoms with E-state index in [1.807, 2.05) is 133 Å². The Kier molecular flexibility index (Phi) is 26.9. The summed E-state index contributed by atoms with van der Waals surface area (Å²) in [4.78, 5) is 36.8. The first-order valence-corrected chi connectivity index (χ1v) is 25.8. The quantitative estimate of drug-likeness (QED) is 0.101. The van der Waals surface area contributed by atoms with Crippen LogP contribution in [-0.4, -0.2) is 51.0 Å². The Morgan fingerprint density at radius 3 is 1.55 bits per heavy atom. The summed E-state index contributed by atoms with van der Waals surface area (Å²) in [6.07, 6.45) is 15.2. The summed E-state index contributed by atoms with van der Waals surface area (Å²) in [5.74, 6) is 1.55. The molecule has 4 radical (unpaired) electrons. The molecule has 1 N–H and O–H groups in total. The number of aliphatic hydroxyl groups is 1. The fourth-order valence-corrected chi connectivity index (χ4v) is 7.85. The van der Waals surface area contributed by atoms with E-state index in [9.17, 15) is 9.90 Å². The van der Waals surface area contributed by atoms with Crippen molar-refractivity contribution in [2.75, 3.05) is 0 Å². The number of aryl methyl sites for hydroxylation is 2. The van der Waals surface area contributed by atoms with E-state index in [2.05, 4.69) is 145 Å². The predicted molar refractivity (Wildman–Crippen MR) is 319 cm³/mol. The van der Waals surface area contributed by atoms with Crippen LogP contribution in [0.3, 0.4) is 0 Å². The number of carbonyl (C=O) groups is 1. The fraction of sp³-hybridized carbons (Fsp3) is 0.145. The van der Waals surface area contributed by atoms with Gasteiger partial charge in [0, 0.05) is 152 Å². The second-order valence-corrected chi connectivity index (χ2v) is 20.5. The third-order valence-electron chi connectivity index (χ3n) is 12.3. The topological polar surface area (TPSA) is 140 Å². The van der Waals surface area contributed by atoms with Crippen molar-refractivity contribution in [1.29, 1.82) is 0 Å². The summed E-state index contributed by atoms with van der Waals surface area (Å²) in [6.45, 7) is 15.3. The number of ketones is 1. The standard InChI is InChI=1S/C16H13N2.3C14H9N2.C11H20O2.4Ir/c1-11-3-6-13(7-4-11)16-15-9-12(2)5-8-14(15)10-17-18-16;2*1-2-7-12-11(5-1)6-3-8-13(12)14-15-9-4-10-16-14;1-2-4-12-9-13(6-5-11(12)3-1)14-10-15-7-8-16-14;1-10(2,3)8(12)7-9(13)11(4,5)6;;;;/h3-6,8-10H,1-2H3;2*1-7,9-10H;1-8,10H;7,12H,1-6H3;;;;/q4*-1;;;;;. The van der Waals surface area contributed by atoms with Gasteiger partial charge in [0.25, 0.3) is 0 Å². The van der Waals surface area contributed by atoms with E-state index in [1.54, 1.807) is 49.6 Å². The normalized spacial score (nSPS) is 10.7. The molecule has 12 aromatic rings. The molecule has 83 heavy (non-hydrogen) atoms. The van der Waals surface area contributed by atoms with Crippen molar-refractivity contribution in [2.24, 2.45) is 10.8 Å². The van der Waals surface area contributed by atoms with Gasteiger partial charge in [-0.15, -0.1) is 112 Å². The number of aliphatic hydroxyl groups excluding tert-OH is 1. The summed E-state index contributed by atoms with van der Waals surface area (Å²) in [6, 6.07) is 65.6. The Labute approximate surface area is 540 Å². The molecule has 10 nitrogen and oxygen atoms in total. The van der Waals surface area contributed by atoms with Crippen LogP contribution in [0.25, 0.3) is 88.4 Å². The maximum atomic E-state index is 11.5. The number of hydrogen-bond donors (Lipinski definition) is 1. The van der Waals surface area contributed by atoms with Crippen molar-refractivity contribution < 1.29 is 90.3 Å². The molecule has 0 aliphatic heterocycles. The average Bonchev–Trinajstić information content (AvgIpc) is 3.67. The van der Waals surface area contributed by atoms with Crippen molar-refractivity contribution in [3.05, 3.63) is 255 Å². The Morgan fingerprint density at radius 2 is 1.02 bits per heavy atom. The van der Waals surface area contributed by atoms with Gasteiger partial charge < -0.3 is 5.11 Å². The molecule has 0 fully saturated rings. The van der Waals surface area contributed by atoms with Gasteiger partial charge in [-0.1, -0.05) is 172 Å². The van der Waals surface area contributed by atoms with Crippen molar-refractivity contribution in [2.45, 2.75) is 55.4 Å². The Bertz CT molecular complexity index is 3860. The second kappa shape index (κ2) is 32.7. The molecule has 0 aliphatic rings. The van der Waals surface area contributed by atoms with E-state index in [0.29, 0.717) is 0 Å². The van der Waals surface area contributed by atoms with Crippen LogP contribution < -0.4 is 0 Å². The van der Waals surface area contributed by atoms with E-state index in [0.717, 1.165) is 72.2 Å². The van der Waals surface area contributed by atoms with E-state index >= 15 is 0 Å². The van der Waals surface area contributed by atoms with Crippen LogP contribution in [0.15, 0.2) is 219 Å². The Hall–Kier alpha value is -7.07. The first kappa shape index (κ1) is 68.4. The molecule has 12 rings (SSSR count). The van der Waals surface area contributed by atoms with Gasteiger partial charge in [0.1, 0.15) is 5.76 Å². The molecule has 0 saturated heterocycles. The van der Waals surface area contributed by atoms with Crippen molar-refractivity contribution >= 4 is 48.9 Å². The monoisotopic (exact) mass is 1800 g/mol. The molecule has 0 bridgehead atoms. The maximum absolute atomic E-state index is 11.5. The van der Waals surface area contributed by atoms with Crippen molar-refractivity contribution in [3.8, 4) is 45.3 Å². The van der Waals surface area contributed by atoms with Gasteiger partial charge in [-0.25, -0.2) is 5.10 Å². The van der Waals surface area contributed by atoms with Crippen LogP contribution in [-0.2, 0) is 85.2 Å². The molecule has 0 spiro atoms. The zero-order valence-electron chi connectivity index (χ0n) is 47.0. The number of aromatic nitrogens is 8. The number of hydrogen-bond acceptors (Lipinski definition) is 10. The van der Waals surface area contributed by atoms with Crippen molar-refractivity contribution in [3.63, 3.8) is 0 Å². The third-order valence-corrected chi connectivity index (χ3v) is 12.3. The smallest absolute Gasteiger partial charge is 0.164 e. The minimum absolute atomic E-state index is 0. The van der Waals surface area contributed by atoms with Crippen LogP contribution in [0.2, 0.25) is 0 Å². The Balaban J connectivity index is 0.000000221. The second-order valence-electron chi connectivity index (χ2n) is 20.5. The molecule has 4 heterocycles. The van der Waals surface area contributed by atoms with Gasteiger partial charge >= 0.3 is 0 Å². The molecule has 428 valence electrons. The number of carbonyl (C=O) groups excluding carboxylic acids is 1.